The van der Waals surface area contributed by atoms with Crippen molar-refractivity contribution in [3.05, 3.63) is 59.4 Å². The van der Waals surface area contributed by atoms with Crippen molar-refractivity contribution in [2.75, 3.05) is 18.1 Å². The molecular weight excluding hydrogens is 326 g/mol. The van der Waals surface area contributed by atoms with Gasteiger partial charge in [-0.2, -0.15) is 4.31 Å². The highest BCUT2D eigenvalue weighted by Gasteiger charge is 2.20. The molecule has 0 spiro atoms. The van der Waals surface area contributed by atoms with Gasteiger partial charge in [0.15, 0.2) is 0 Å². The molecule has 0 radical (unpaired) electrons. The lowest BCUT2D eigenvalue weighted by Crippen LogP contribution is -2.36. The van der Waals surface area contributed by atoms with Crippen LogP contribution >= 0.6 is 0 Å². The van der Waals surface area contributed by atoms with E-state index in [0.29, 0.717) is 5.69 Å². The third kappa shape index (κ3) is 5.43. The van der Waals surface area contributed by atoms with E-state index in [4.69, 9.17) is 0 Å². The molecule has 0 saturated heterocycles. The van der Waals surface area contributed by atoms with Crippen LogP contribution in [0.2, 0.25) is 0 Å². The van der Waals surface area contributed by atoms with E-state index in [1.165, 1.54) is 0 Å². The quantitative estimate of drug-likeness (QED) is 0.868. The van der Waals surface area contributed by atoms with E-state index in [9.17, 15) is 13.2 Å². The summed E-state index contributed by atoms with van der Waals surface area (Å²) in [6.45, 7) is 3.73. The molecule has 0 aliphatic carbocycles. The number of benzene rings is 1. The Morgan fingerprint density at radius 2 is 1.88 bits per heavy atom. The number of nitrogens with one attached hydrogen (secondary N) is 1. The molecule has 1 aromatic carbocycles. The van der Waals surface area contributed by atoms with E-state index in [1.54, 1.807) is 24.5 Å². The van der Waals surface area contributed by atoms with Crippen LogP contribution in [0.3, 0.4) is 0 Å². The summed E-state index contributed by atoms with van der Waals surface area (Å²) >= 11 is 0. The predicted octanol–water partition coefficient (Wildman–Crippen LogP) is 2.10. The summed E-state index contributed by atoms with van der Waals surface area (Å²) in [5.41, 5.74) is 3.44. The number of pyridine rings is 1. The summed E-state index contributed by atoms with van der Waals surface area (Å²) in [6, 6.07) is 9.19. The minimum Gasteiger partial charge on any atom is -0.325 e. The normalized spacial score (nSPS) is 11.5. The summed E-state index contributed by atoms with van der Waals surface area (Å²) in [5, 5.41) is 2.75. The number of nitrogens with zero attached hydrogens (tertiary/aromatic N) is 2. The third-order valence-electron chi connectivity index (χ3n) is 3.38. The summed E-state index contributed by atoms with van der Waals surface area (Å²) in [5.74, 6) is -0.380. The van der Waals surface area contributed by atoms with Gasteiger partial charge in [0.1, 0.15) is 0 Å². The van der Waals surface area contributed by atoms with Crippen molar-refractivity contribution in [3.63, 3.8) is 0 Å². The smallest absolute Gasteiger partial charge is 0.239 e. The van der Waals surface area contributed by atoms with E-state index in [0.717, 1.165) is 27.3 Å². The molecule has 0 bridgehead atoms. The maximum Gasteiger partial charge on any atom is 0.239 e. The Morgan fingerprint density at radius 3 is 2.42 bits per heavy atom. The average molecular weight is 347 g/mol. The second kappa shape index (κ2) is 7.55. The number of rotatable bonds is 6. The molecule has 2 rings (SSSR count). The molecule has 6 nitrogen and oxygen atoms in total. The van der Waals surface area contributed by atoms with Crippen LogP contribution in [0.25, 0.3) is 0 Å². The fraction of sp³-hybridized carbons (Fsp3) is 0.294. The first-order valence-corrected chi connectivity index (χ1v) is 9.31. The van der Waals surface area contributed by atoms with Crippen molar-refractivity contribution >= 4 is 21.6 Å². The molecule has 0 aliphatic rings. The standard InChI is InChI=1S/C17H21N3O3S/c1-13-7-14(2)9-16(8-13)19-17(21)12-20(24(3,22)23)11-15-5-4-6-18-10-15/h4-10H,11-12H2,1-3H3,(H,19,21). The molecule has 24 heavy (non-hydrogen) atoms. The first-order valence-electron chi connectivity index (χ1n) is 7.46. The van der Waals surface area contributed by atoms with Gasteiger partial charge in [0.25, 0.3) is 0 Å². The first kappa shape index (κ1) is 18.1. The lowest BCUT2D eigenvalue weighted by atomic mass is 10.1. The molecule has 2 aromatic rings. The number of carbonyl (C=O) groups excluding carboxylic acids is 1. The monoisotopic (exact) mass is 347 g/mol. The van der Waals surface area contributed by atoms with E-state index in [-0.39, 0.29) is 19.0 Å². The second-order valence-corrected chi connectivity index (χ2v) is 7.80. The van der Waals surface area contributed by atoms with E-state index in [2.05, 4.69) is 10.3 Å². The Morgan fingerprint density at radius 1 is 1.21 bits per heavy atom. The minimum atomic E-state index is -3.52. The summed E-state index contributed by atoms with van der Waals surface area (Å²) < 4.78 is 25.0. The molecule has 7 heteroatoms. The Labute approximate surface area is 142 Å². The molecular formula is C17H21N3O3S. The number of aryl methyl sites for hydroxylation is 2. The van der Waals surface area contributed by atoms with E-state index >= 15 is 0 Å². The number of amides is 1. The van der Waals surface area contributed by atoms with Gasteiger partial charge in [0.05, 0.1) is 12.8 Å². The number of hydrogen-bond acceptors (Lipinski definition) is 4. The average Bonchev–Trinajstić information content (AvgIpc) is 2.45. The molecule has 1 aromatic heterocycles. The molecule has 0 atom stereocenters. The maximum absolute atomic E-state index is 12.2. The molecule has 128 valence electrons. The van der Waals surface area contributed by atoms with Crippen LogP contribution < -0.4 is 5.32 Å². The molecule has 1 amide bonds. The highest BCUT2D eigenvalue weighted by molar-refractivity contribution is 7.88. The van der Waals surface area contributed by atoms with Crippen molar-refractivity contribution in [2.45, 2.75) is 20.4 Å². The second-order valence-electron chi connectivity index (χ2n) is 5.82. The fourth-order valence-electron chi connectivity index (χ4n) is 2.39. The van der Waals surface area contributed by atoms with Crippen molar-refractivity contribution in [3.8, 4) is 0 Å². The molecule has 1 heterocycles. The largest absolute Gasteiger partial charge is 0.325 e. The summed E-state index contributed by atoms with van der Waals surface area (Å²) in [6.07, 6.45) is 4.29. The Bertz CT molecular complexity index is 800. The summed E-state index contributed by atoms with van der Waals surface area (Å²) in [4.78, 5) is 16.2. The van der Waals surface area contributed by atoms with Gasteiger partial charge >= 0.3 is 0 Å². The Kier molecular flexibility index (Phi) is 5.69. The number of aromatic nitrogens is 1. The van der Waals surface area contributed by atoms with Crippen LogP contribution in [0.15, 0.2) is 42.7 Å². The van der Waals surface area contributed by atoms with Gasteiger partial charge in [-0.3, -0.25) is 9.78 Å². The van der Waals surface area contributed by atoms with Gasteiger partial charge in [-0.05, 0) is 48.7 Å². The van der Waals surface area contributed by atoms with Crippen LogP contribution in [-0.2, 0) is 21.4 Å². The number of hydrogen-bond donors (Lipinski definition) is 1. The number of carbonyl (C=O) groups is 1. The van der Waals surface area contributed by atoms with Gasteiger partial charge in [-0.15, -0.1) is 0 Å². The van der Waals surface area contributed by atoms with Crippen molar-refractivity contribution < 1.29 is 13.2 Å². The van der Waals surface area contributed by atoms with Crippen molar-refractivity contribution in [1.82, 2.24) is 9.29 Å². The Hall–Kier alpha value is -2.25. The molecule has 0 unspecified atom stereocenters. The van der Waals surface area contributed by atoms with Crippen LogP contribution in [-0.4, -0.2) is 36.4 Å². The van der Waals surface area contributed by atoms with Crippen molar-refractivity contribution in [2.24, 2.45) is 0 Å². The molecule has 1 N–H and O–H groups in total. The lowest BCUT2D eigenvalue weighted by molar-refractivity contribution is -0.116. The molecule has 0 saturated carbocycles. The topological polar surface area (TPSA) is 79.4 Å². The van der Waals surface area contributed by atoms with Gasteiger partial charge < -0.3 is 5.32 Å². The van der Waals surface area contributed by atoms with E-state index in [1.807, 2.05) is 32.0 Å². The van der Waals surface area contributed by atoms with Gasteiger partial charge in [-0.25, -0.2) is 8.42 Å². The van der Waals surface area contributed by atoms with Crippen LogP contribution in [0, 0.1) is 13.8 Å². The summed E-state index contributed by atoms with van der Waals surface area (Å²) in [7, 11) is -3.52. The SMILES string of the molecule is Cc1cc(C)cc(NC(=O)CN(Cc2cccnc2)S(C)(=O)=O)c1. The fourth-order valence-corrected chi connectivity index (χ4v) is 3.13. The van der Waals surface area contributed by atoms with Crippen molar-refractivity contribution in [1.29, 1.82) is 0 Å². The number of sulfonamides is 1. The zero-order valence-corrected chi connectivity index (χ0v) is 14.8. The maximum atomic E-state index is 12.2. The van der Waals surface area contributed by atoms with Crippen LogP contribution in [0.5, 0.6) is 0 Å². The van der Waals surface area contributed by atoms with Crippen LogP contribution in [0.4, 0.5) is 5.69 Å². The van der Waals surface area contributed by atoms with Gasteiger partial charge in [-0.1, -0.05) is 12.1 Å². The highest BCUT2D eigenvalue weighted by Crippen LogP contribution is 2.14. The van der Waals surface area contributed by atoms with Gasteiger partial charge in [0.2, 0.25) is 15.9 Å². The predicted molar refractivity (Wildman–Crippen MR) is 94.0 cm³/mol. The minimum absolute atomic E-state index is 0.104. The van der Waals surface area contributed by atoms with Gasteiger partial charge in [0, 0.05) is 24.6 Å². The number of anilines is 1. The highest BCUT2D eigenvalue weighted by atomic mass is 32.2. The molecule has 0 aliphatic heterocycles. The first-order chi connectivity index (χ1) is 11.2. The third-order valence-corrected chi connectivity index (χ3v) is 4.57. The van der Waals surface area contributed by atoms with Crippen LogP contribution in [0.1, 0.15) is 16.7 Å². The molecule has 0 fully saturated rings. The zero-order valence-electron chi connectivity index (χ0n) is 14.0. The lowest BCUT2D eigenvalue weighted by Gasteiger charge is -2.19. The van der Waals surface area contributed by atoms with E-state index < -0.39 is 10.0 Å². The Balaban J connectivity index is 2.10. The zero-order chi connectivity index (χ0) is 17.7.